The molecule has 1 aliphatic carbocycles. The highest BCUT2D eigenvalue weighted by atomic mass is 19.4. The van der Waals surface area contributed by atoms with Crippen LogP contribution >= 0.6 is 0 Å². The van der Waals surface area contributed by atoms with Crippen molar-refractivity contribution in [3.8, 4) is 0 Å². The van der Waals surface area contributed by atoms with Gasteiger partial charge in [0.05, 0.1) is 41.4 Å². The number of aliphatic hydroxyl groups is 1. The first-order valence-corrected chi connectivity index (χ1v) is 13.6. The predicted molar refractivity (Wildman–Crippen MR) is 139 cm³/mol. The maximum Gasteiger partial charge on any atom is 0.416 e. The molecular formula is C30H29F6NO5. The van der Waals surface area contributed by atoms with E-state index >= 15 is 0 Å². The summed E-state index contributed by atoms with van der Waals surface area (Å²) in [7, 11) is 0. The van der Waals surface area contributed by atoms with E-state index in [0.717, 1.165) is 16.7 Å². The Bertz CT molecular complexity index is 1420. The second-order valence-corrected chi connectivity index (χ2v) is 10.9. The molecule has 0 spiro atoms. The molecule has 3 heterocycles. The van der Waals surface area contributed by atoms with E-state index in [0.29, 0.717) is 47.8 Å². The minimum absolute atomic E-state index is 0.0281. The van der Waals surface area contributed by atoms with Gasteiger partial charge in [-0.05, 0) is 74.6 Å². The van der Waals surface area contributed by atoms with E-state index in [1.54, 1.807) is 12.1 Å². The molecular weight excluding hydrogens is 568 g/mol. The van der Waals surface area contributed by atoms with Crippen molar-refractivity contribution in [2.75, 3.05) is 11.5 Å². The van der Waals surface area contributed by atoms with Crippen molar-refractivity contribution in [3.05, 3.63) is 69.7 Å². The molecule has 2 aromatic rings. The largest absolute Gasteiger partial charge is 0.459 e. The SMILES string of the molecule is CCC1=C2[C@@H](CC/C(C)=C/c3ccc(CO)o3)OC[C@@H]2[C@@H]2C(=O)N(c3cc(C(F)(F)F)cc(C(F)(F)F)c3)C(=O)[C@@H]2C1. The lowest BCUT2D eigenvalue weighted by Gasteiger charge is -2.31. The number of allylic oxidation sites excluding steroid dienone is 2. The topological polar surface area (TPSA) is 80.0 Å². The van der Waals surface area contributed by atoms with E-state index < -0.39 is 58.7 Å². The van der Waals surface area contributed by atoms with Crippen LogP contribution in [-0.2, 0) is 33.3 Å². The minimum atomic E-state index is -5.12. The summed E-state index contributed by atoms with van der Waals surface area (Å²) in [6.07, 6.45) is -6.80. The van der Waals surface area contributed by atoms with Gasteiger partial charge < -0.3 is 14.3 Å². The maximum atomic E-state index is 13.6. The van der Waals surface area contributed by atoms with Crippen LogP contribution in [0.2, 0.25) is 0 Å². The number of amides is 2. The average Bonchev–Trinajstić information content (AvgIpc) is 3.62. The average molecular weight is 598 g/mol. The molecule has 2 fully saturated rings. The van der Waals surface area contributed by atoms with Crippen LogP contribution in [0.5, 0.6) is 0 Å². The molecule has 2 aliphatic heterocycles. The Morgan fingerprint density at radius 2 is 1.69 bits per heavy atom. The van der Waals surface area contributed by atoms with E-state index in [4.69, 9.17) is 9.15 Å². The third-order valence-electron chi connectivity index (χ3n) is 8.29. The second kappa shape index (κ2) is 11.0. The lowest BCUT2D eigenvalue weighted by Crippen LogP contribution is -2.34. The third-order valence-corrected chi connectivity index (χ3v) is 8.29. The molecule has 226 valence electrons. The summed E-state index contributed by atoms with van der Waals surface area (Å²) in [4.78, 5) is 27.6. The van der Waals surface area contributed by atoms with Crippen LogP contribution in [0.1, 0.15) is 62.2 Å². The summed E-state index contributed by atoms with van der Waals surface area (Å²) in [5, 5.41) is 9.19. The predicted octanol–water partition coefficient (Wildman–Crippen LogP) is 6.92. The van der Waals surface area contributed by atoms with Gasteiger partial charge in [-0.3, -0.25) is 9.59 Å². The monoisotopic (exact) mass is 597 g/mol. The van der Waals surface area contributed by atoms with Gasteiger partial charge in [0.15, 0.2) is 0 Å². The lowest BCUT2D eigenvalue weighted by atomic mass is 9.69. The van der Waals surface area contributed by atoms with Gasteiger partial charge in [0, 0.05) is 5.92 Å². The molecule has 5 rings (SSSR count). The van der Waals surface area contributed by atoms with Gasteiger partial charge in [0.1, 0.15) is 18.1 Å². The maximum absolute atomic E-state index is 13.6. The molecule has 2 saturated heterocycles. The first kappa shape index (κ1) is 30.1. The van der Waals surface area contributed by atoms with E-state index in [1.165, 1.54) is 0 Å². The molecule has 0 bridgehead atoms. The number of halogens is 6. The van der Waals surface area contributed by atoms with Crippen molar-refractivity contribution in [1.82, 2.24) is 0 Å². The second-order valence-electron chi connectivity index (χ2n) is 10.9. The summed E-state index contributed by atoms with van der Waals surface area (Å²) in [5.74, 6) is -2.91. The number of alkyl halides is 6. The Hall–Kier alpha value is -3.38. The fourth-order valence-electron chi connectivity index (χ4n) is 6.36. The Morgan fingerprint density at radius 3 is 2.26 bits per heavy atom. The number of ether oxygens (including phenoxy) is 1. The summed E-state index contributed by atoms with van der Waals surface area (Å²) in [6, 6.07) is 4.23. The summed E-state index contributed by atoms with van der Waals surface area (Å²) < 4.78 is 92.6. The normalized spacial score (nSPS) is 25.0. The molecule has 12 heteroatoms. The van der Waals surface area contributed by atoms with Crippen molar-refractivity contribution >= 4 is 23.6 Å². The molecule has 2 amide bonds. The highest BCUT2D eigenvalue weighted by Gasteiger charge is 2.57. The van der Waals surface area contributed by atoms with Gasteiger partial charge >= 0.3 is 12.4 Å². The molecule has 42 heavy (non-hydrogen) atoms. The highest BCUT2D eigenvalue weighted by Crippen LogP contribution is 2.51. The van der Waals surface area contributed by atoms with Crippen molar-refractivity contribution < 1.29 is 50.2 Å². The van der Waals surface area contributed by atoms with Gasteiger partial charge in [-0.15, -0.1) is 0 Å². The molecule has 1 aromatic heterocycles. The zero-order chi connectivity index (χ0) is 30.6. The molecule has 3 aliphatic rings. The van der Waals surface area contributed by atoms with E-state index in [2.05, 4.69) is 0 Å². The quantitative estimate of drug-likeness (QED) is 0.213. The number of rotatable bonds is 7. The van der Waals surface area contributed by atoms with Crippen LogP contribution in [-0.4, -0.2) is 29.6 Å². The number of carbonyl (C=O) groups is 2. The van der Waals surface area contributed by atoms with Gasteiger partial charge in [-0.2, -0.15) is 26.3 Å². The Balaban J connectivity index is 1.41. The standard InChI is InChI=1S/C30H29F6NO5/c1-3-16-9-22-26(23-14-41-24(25(16)23)7-4-15(2)8-20-5-6-21(13-38)42-20)28(40)37(27(22)39)19-11-17(29(31,32)33)10-18(12-19)30(34,35)36/h5-6,8,10-12,22-24,26,38H,3-4,7,9,13-14H2,1-2H3/b15-8+/t22-,23+,24-,26-/m1/s1. The summed E-state index contributed by atoms with van der Waals surface area (Å²) >= 11 is 0. The number of anilines is 1. The number of aliphatic hydroxyl groups excluding tert-OH is 1. The Labute approximate surface area is 237 Å². The Morgan fingerprint density at radius 1 is 1.02 bits per heavy atom. The lowest BCUT2D eigenvalue weighted by molar-refractivity contribution is -0.143. The molecule has 4 atom stereocenters. The first-order valence-electron chi connectivity index (χ1n) is 13.6. The zero-order valence-corrected chi connectivity index (χ0v) is 22.8. The van der Waals surface area contributed by atoms with Gasteiger partial charge in [-0.25, -0.2) is 4.90 Å². The minimum Gasteiger partial charge on any atom is -0.459 e. The molecule has 0 saturated carbocycles. The number of furan rings is 1. The van der Waals surface area contributed by atoms with E-state index in [9.17, 15) is 41.0 Å². The van der Waals surface area contributed by atoms with Crippen LogP contribution in [0, 0.1) is 17.8 Å². The molecule has 6 nitrogen and oxygen atoms in total. The van der Waals surface area contributed by atoms with Crippen molar-refractivity contribution in [2.24, 2.45) is 17.8 Å². The first-order chi connectivity index (χ1) is 19.7. The summed E-state index contributed by atoms with van der Waals surface area (Å²) in [5.41, 5.74) is -1.12. The van der Waals surface area contributed by atoms with E-state index in [1.807, 2.05) is 19.9 Å². The number of benzene rings is 1. The summed E-state index contributed by atoms with van der Waals surface area (Å²) in [6.45, 7) is 3.73. The number of nitrogens with zero attached hydrogens (tertiary/aromatic N) is 1. The fourth-order valence-corrected chi connectivity index (χ4v) is 6.36. The van der Waals surface area contributed by atoms with Gasteiger partial charge in [0.25, 0.3) is 0 Å². The van der Waals surface area contributed by atoms with E-state index in [-0.39, 0.29) is 31.8 Å². The third kappa shape index (κ3) is 5.54. The highest BCUT2D eigenvalue weighted by molar-refractivity contribution is 6.22. The van der Waals surface area contributed by atoms with Crippen LogP contribution in [0.25, 0.3) is 6.08 Å². The fraction of sp³-hybridized carbons (Fsp3) is 0.467. The zero-order valence-electron chi connectivity index (χ0n) is 22.8. The molecule has 0 radical (unpaired) electrons. The molecule has 1 aromatic carbocycles. The van der Waals surface area contributed by atoms with Crippen molar-refractivity contribution in [2.45, 2.75) is 64.6 Å². The number of hydrogen-bond acceptors (Lipinski definition) is 5. The number of hydrogen-bond donors (Lipinski definition) is 1. The number of carbonyl (C=O) groups excluding carboxylic acids is 2. The smallest absolute Gasteiger partial charge is 0.416 e. The van der Waals surface area contributed by atoms with Crippen LogP contribution < -0.4 is 4.90 Å². The van der Waals surface area contributed by atoms with Gasteiger partial charge in [0.2, 0.25) is 11.8 Å². The molecule has 0 unspecified atom stereocenters. The van der Waals surface area contributed by atoms with Crippen molar-refractivity contribution in [1.29, 1.82) is 0 Å². The van der Waals surface area contributed by atoms with Crippen LogP contribution in [0.4, 0.5) is 32.0 Å². The van der Waals surface area contributed by atoms with Crippen LogP contribution in [0.3, 0.4) is 0 Å². The number of fused-ring (bicyclic) bond motifs is 3. The molecule has 1 N–H and O–H groups in total. The number of imide groups is 1. The van der Waals surface area contributed by atoms with Crippen LogP contribution in [0.15, 0.2) is 51.5 Å². The van der Waals surface area contributed by atoms with Crippen molar-refractivity contribution in [3.63, 3.8) is 0 Å². The van der Waals surface area contributed by atoms with Gasteiger partial charge in [-0.1, -0.05) is 18.1 Å². The Kier molecular flexibility index (Phi) is 7.90.